The van der Waals surface area contributed by atoms with Crippen molar-refractivity contribution < 1.29 is 14.6 Å². The molecule has 3 N–H and O–H groups in total. The molecule has 0 aliphatic rings. The molecule has 4 nitrogen and oxygen atoms in total. The molecule has 0 aliphatic heterocycles. The van der Waals surface area contributed by atoms with E-state index >= 15 is 0 Å². The zero-order valence-electron chi connectivity index (χ0n) is 10.8. The first-order valence-electron chi connectivity index (χ1n) is 6.25. The van der Waals surface area contributed by atoms with E-state index < -0.39 is 12.0 Å². The quantitative estimate of drug-likeness (QED) is 0.695. The van der Waals surface area contributed by atoms with Crippen molar-refractivity contribution in [2.24, 2.45) is 5.73 Å². The molecule has 0 spiro atoms. The smallest absolute Gasteiger partial charge is 0.320 e. The Bertz CT molecular complexity index is 362. The number of carboxylic acid groups (broad SMARTS) is 1. The van der Waals surface area contributed by atoms with Crippen LogP contribution in [0, 0.1) is 0 Å². The maximum absolute atomic E-state index is 10.5. The highest BCUT2D eigenvalue weighted by atomic mass is 16.5. The highest BCUT2D eigenvalue weighted by Crippen LogP contribution is 2.14. The van der Waals surface area contributed by atoms with Gasteiger partial charge < -0.3 is 15.6 Å². The Balaban J connectivity index is 2.15. The fourth-order valence-corrected chi connectivity index (χ4v) is 1.79. The van der Waals surface area contributed by atoms with Crippen LogP contribution >= 0.6 is 0 Å². The number of rotatable bonds is 8. The molecule has 1 aromatic carbocycles. The van der Waals surface area contributed by atoms with E-state index in [9.17, 15) is 4.79 Å². The molecule has 0 saturated heterocycles. The first kappa shape index (κ1) is 14.5. The molecule has 1 atom stereocenters. The Hall–Kier alpha value is -1.55. The molecular weight excluding hydrogens is 230 g/mol. The van der Waals surface area contributed by atoms with E-state index in [4.69, 9.17) is 15.6 Å². The van der Waals surface area contributed by atoms with Gasteiger partial charge in [0.05, 0.1) is 7.11 Å². The molecule has 0 amide bonds. The Kier molecular flexibility index (Phi) is 6.22. The van der Waals surface area contributed by atoms with Crippen LogP contribution in [0.2, 0.25) is 0 Å². The number of aryl methyl sites for hydroxylation is 1. The minimum Gasteiger partial charge on any atom is -0.497 e. The van der Waals surface area contributed by atoms with Crippen LogP contribution < -0.4 is 10.5 Å². The number of methoxy groups -OCH3 is 1. The molecule has 0 fully saturated rings. The van der Waals surface area contributed by atoms with E-state index in [0.717, 1.165) is 31.4 Å². The van der Waals surface area contributed by atoms with Gasteiger partial charge in [-0.1, -0.05) is 25.0 Å². The maximum Gasteiger partial charge on any atom is 0.320 e. The van der Waals surface area contributed by atoms with Gasteiger partial charge in [0.1, 0.15) is 11.8 Å². The van der Waals surface area contributed by atoms with Crippen molar-refractivity contribution in [2.45, 2.75) is 38.1 Å². The van der Waals surface area contributed by atoms with Gasteiger partial charge in [0.2, 0.25) is 0 Å². The van der Waals surface area contributed by atoms with Gasteiger partial charge in [0, 0.05) is 0 Å². The molecule has 1 rings (SSSR count). The van der Waals surface area contributed by atoms with Crippen LogP contribution in [-0.4, -0.2) is 24.2 Å². The fraction of sp³-hybridized carbons (Fsp3) is 0.500. The van der Waals surface area contributed by atoms with Crippen molar-refractivity contribution in [3.8, 4) is 5.75 Å². The molecule has 0 bridgehead atoms. The first-order chi connectivity index (χ1) is 8.63. The lowest BCUT2D eigenvalue weighted by Crippen LogP contribution is -2.29. The molecule has 1 aromatic rings. The molecule has 0 aliphatic carbocycles. The lowest BCUT2D eigenvalue weighted by molar-refractivity contribution is -0.138. The van der Waals surface area contributed by atoms with Crippen LogP contribution in [0.4, 0.5) is 0 Å². The number of nitrogens with two attached hydrogens (primary N) is 1. The van der Waals surface area contributed by atoms with Crippen molar-refractivity contribution in [3.63, 3.8) is 0 Å². The molecule has 0 unspecified atom stereocenters. The molecular formula is C14H21NO3. The molecule has 0 aromatic heterocycles. The van der Waals surface area contributed by atoms with Gasteiger partial charge in [-0.25, -0.2) is 0 Å². The number of benzene rings is 1. The van der Waals surface area contributed by atoms with E-state index in [0.29, 0.717) is 6.42 Å². The van der Waals surface area contributed by atoms with Crippen LogP contribution in [0.1, 0.15) is 31.2 Å². The van der Waals surface area contributed by atoms with Crippen LogP contribution in [0.25, 0.3) is 0 Å². The van der Waals surface area contributed by atoms with Crippen LogP contribution in [0.15, 0.2) is 24.3 Å². The van der Waals surface area contributed by atoms with Gasteiger partial charge in [-0.05, 0) is 37.0 Å². The van der Waals surface area contributed by atoms with Crippen molar-refractivity contribution in [1.82, 2.24) is 0 Å². The van der Waals surface area contributed by atoms with Gasteiger partial charge >= 0.3 is 5.97 Å². The zero-order valence-corrected chi connectivity index (χ0v) is 10.8. The fourth-order valence-electron chi connectivity index (χ4n) is 1.79. The van der Waals surface area contributed by atoms with Crippen LogP contribution in [0.3, 0.4) is 0 Å². The van der Waals surface area contributed by atoms with Crippen molar-refractivity contribution in [3.05, 3.63) is 29.8 Å². The van der Waals surface area contributed by atoms with Crippen molar-refractivity contribution in [1.29, 1.82) is 0 Å². The Labute approximate surface area is 108 Å². The summed E-state index contributed by atoms with van der Waals surface area (Å²) in [7, 11) is 1.65. The molecule has 4 heteroatoms. The number of aliphatic carboxylic acids is 1. The Morgan fingerprint density at radius 1 is 1.28 bits per heavy atom. The molecule has 0 saturated carbocycles. The third kappa shape index (κ3) is 5.19. The summed E-state index contributed by atoms with van der Waals surface area (Å²) < 4.78 is 5.09. The third-order valence-electron chi connectivity index (χ3n) is 2.96. The standard InChI is InChI=1S/C14H21NO3/c1-18-12-9-7-11(8-10-12)5-3-2-4-6-13(15)14(16)17/h7-10,13H,2-6,15H2,1H3,(H,16,17)/t13-/m0/s1. The first-order valence-corrected chi connectivity index (χ1v) is 6.25. The number of hydrogen-bond acceptors (Lipinski definition) is 3. The summed E-state index contributed by atoms with van der Waals surface area (Å²) in [5, 5.41) is 8.63. The van der Waals surface area contributed by atoms with E-state index in [1.165, 1.54) is 5.56 Å². The van der Waals surface area contributed by atoms with Gasteiger partial charge in [0.25, 0.3) is 0 Å². The second kappa shape index (κ2) is 7.71. The summed E-state index contributed by atoms with van der Waals surface area (Å²) in [5.74, 6) is -0.0451. The highest BCUT2D eigenvalue weighted by Gasteiger charge is 2.09. The number of carboxylic acids is 1. The number of unbranched alkanes of at least 4 members (excludes halogenated alkanes) is 2. The lowest BCUT2D eigenvalue weighted by atomic mass is 10.0. The summed E-state index contributed by atoms with van der Waals surface area (Å²) in [6.45, 7) is 0. The highest BCUT2D eigenvalue weighted by molar-refractivity contribution is 5.72. The SMILES string of the molecule is COc1ccc(CCCCC[C@H](N)C(=O)O)cc1. The van der Waals surface area contributed by atoms with E-state index in [1.54, 1.807) is 7.11 Å². The van der Waals surface area contributed by atoms with Gasteiger partial charge in [-0.2, -0.15) is 0 Å². The number of hydrogen-bond donors (Lipinski definition) is 2. The van der Waals surface area contributed by atoms with Gasteiger partial charge in [-0.3, -0.25) is 4.79 Å². The minimum atomic E-state index is -0.912. The monoisotopic (exact) mass is 251 g/mol. The van der Waals surface area contributed by atoms with Gasteiger partial charge in [0.15, 0.2) is 0 Å². The number of carbonyl (C=O) groups is 1. The topological polar surface area (TPSA) is 72.5 Å². The molecule has 100 valence electrons. The summed E-state index contributed by atoms with van der Waals surface area (Å²) in [6.07, 6.45) is 4.49. The van der Waals surface area contributed by atoms with E-state index in [1.807, 2.05) is 12.1 Å². The van der Waals surface area contributed by atoms with Crippen molar-refractivity contribution in [2.75, 3.05) is 7.11 Å². The zero-order chi connectivity index (χ0) is 13.4. The average molecular weight is 251 g/mol. The third-order valence-corrected chi connectivity index (χ3v) is 2.96. The summed E-state index contributed by atoms with van der Waals surface area (Å²) in [6, 6.07) is 7.31. The van der Waals surface area contributed by atoms with E-state index in [2.05, 4.69) is 12.1 Å². The summed E-state index contributed by atoms with van der Waals surface area (Å²) >= 11 is 0. The largest absolute Gasteiger partial charge is 0.497 e. The molecule has 18 heavy (non-hydrogen) atoms. The summed E-state index contributed by atoms with van der Waals surface area (Å²) in [5.41, 5.74) is 6.70. The van der Waals surface area contributed by atoms with Crippen LogP contribution in [-0.2, 0) is 11.2 Å². The summed E-state index contributed by atoms with van der Waals surface area (Å²) in [4.78, 5) is 10.5. The lowest BCUT2D eigenvalue weighted by Gasteiger charge is -2.06. The van der Waals surface area contributed by atoms with Gasteiger partial charge in [-0.15, -0.1) is 0 Å². The predicted molar refractivity (Wildman–Crippen MR) is 70.8 cm³/mol. The molecule has 0 radical (unpaired) electrons. The van der Waals surface area contributed by atoms with Crippen molar-refractivity contribution >= 4 is 5.97 Å². The average Bonchev–Trinajstić information content (AvgIpc) is 2.38. The Morgan fingerprint density at radius 3 is 2.50 bits per heavy atom. The Morgan fingerprint density at radius 2 is 1.94 bits per heavy atom. The number of ether oxygens (including phenoxy) is 1. The second-order valence-corrected chi connectivity index (χ2v) is 4.39. The second-order valence-electron chi connectivity index (χ2n) is 4.39. The molecule has 0 heterocycles. The van der Waals surface area contributed by atoms with Crippen LogP contribution in [0.5, 0.6) is 5.75 Å². The minimum absolute atomic E-state index is 0.554. The predicted octanol–water partition coefficient (Wildman–Crippen LogP) is 2.21. The normalized spacial score (nSPS) is 12.1. The van der Waals surface area contributed by atoms with E-state index in [-0.39, 0.29) is 0 Å². The maximum atomic E-state index is 10.5.